The predicted molar refractivity (Wildman–Crippen MR) is 81.1 cm³/mol. The molecule has 0 bridgehead atoms. The Bertz CT molecular complexity index is 972. The van der Waals surface area contributed by atoms with Crippen LogP contribution in [0.3, 0.4) is 0 Å². The molecule has 2 aromatic carbocycles. The number of hydrogen-bond acceptors (Lipinski definition) is 7. The van der Waals surface area contributed by atoms with Crippen molar-refractivity contribution in [3.63, 3.8) is 0 Å². The molecule has 1 heterocycles. The lowest BCUT2D eigenvalue weighted by atomic mass is 10.1. The molecule has 0 amide bonds. The van der Waals surface area contributed by atoms with Gasteiger partial charge in [-0.1, -0.05) is 0 Å². The van der Waals surface area contributed by atoms with Crippen LogP contribution in [-0.4, -0.2) is 27.5 Å². The van der Waals surface area contributed by atoms with E-state index in [1.54, 1.807) is 0 Å². The molecule has 4 N–H and O–H groups in total. The molecule has 0 radical (unpaired) electrons. The molecule has 0 atom stereocenters. The molecule has 0 fully saturated rings. The van der Waals surface area contributed by atoms with E-state index in [9.17, 15) is 25.2 Å². The summed E-state index contributed by atoms with van der Waals surface area (Å²) in [7, 11) is 1.39. The van der Waals surface area contributed by atoms with Crippen LogP contribution in [0.5, 0.6) is 28.7 Å². The maximum Gasteiger partial charge on any atom is 0.235 e. The van der Waals surface area contributed by atoms with Crippen molar-refractivity contribution >= 4 is 11.0 Å². The maximum atomic E-state index is 12.2. The minimum absolute atomic E-state index is 0.0200. The van der Waals surface area contributed by atoms with Gasteiger partial charge < -0.3 is 29.6 Å². The number of aromatic hydroxyl groups is 4. The van der Waals surface area contributed by atoms with Crippen molar-refractivity contribution in [2.45, 2.75) is 0 Å². The topological polar surface area (TPSA) is 120 Å². The zero-order valence-corrected chi connectivity index (χ0v) is 11.9. The van der Waals surface area contributed by atoms with E-state index in [-0.39, 0.29) is 33.8 Å². The van der Waals surface area contributed by atoms with Crippen LogP contribution in [-0.2, 0) is 0 Å². The average molecular weight is 316 g/mol. The largest absolute Gasteiger partial charge is 0.504 e. The molecule has 7 heteroatoms. The monoisotopic (exact) mass is 316 g/mol. The van der Waals surface area contributed by atoms with Crippen molar-refractivity contribution in [3.8, 4) is 40.1 Å². The summed E-state index contributed by atoms with van der Waals surface area (Å²) in [5.74, 6) is -1.79. The molecule has 0 aliphatic rings. The lowest BCUT2D eigenvalue weighted by Gasteiger charge is -2.09. The fraction of sp³-hybridized carbons (Fsp3) is 0.0625. The van der Waals surface area contributed by atoms with Crippen LogP contribution in [0.25, 0.3) is 22.3 Å². The van der Waals surface area contributed by atoms with E-state index in [1.165, 1.54) is 25.3 Å². The first-order valence-corrected chi connectivity index (χ1v) is 6.51. The zero-order chi connectivity index (χ0) is 16.7. The standard InChI is InChI=1S/C16H12O7/c1-22-12-3-2-7(4-11(12)19)16-15(21)14(20)8-5-9(17)10(18)6-13(8)23-16/h2-6,17-19,21H,1H3. The molecular formula is C16H12O7. The Balaban J connectivity index is 2.30. The van der Waals surface area contributed by atoms with Crippen molar-refractivity contribution < 1.29 is 29.6 Å². The summed E-state index contributed by atoms with van der Waals surface area (Å²) < 4.78 is 10.4. The quantitative estimate of drug-likeness (QED) is 0.535. The highest BCUT2D eigenvalue weighted by Gasteiger charge is 2.18. The highest BCUT2D eigenvalue weighted by atomic mass is 16.5. The van der Waals surface area contributed by atoms with E-state index >= 15 is 0 Å². The third-order valence-corrected chi connectivity index (χ3v) is 3.40. The molecule has 3 rings (SSSR count). The van der Waals surface area contributed by atoms with Gasteiger partial charge in [0.1, 0.15) is 5.58 Å². The number of ether oxygens (including phenoxy) is 1. The Morgan fingerprint density at radius 1 is 0.957 bits per heavy atom. The molecular weight excluding hydrogens is 304 g/mol. The average Bonchev–Trinajstić information content (AvgIpc) is 2.53. The molecule has 118 valence electrons. The van der Waals surface area contributed by atoms with Gasteiger partial charge in [-0.15, -0.1) is 0 Å². The number of phenolic OH excluding ortho intramolecular Hbond substituents is 3. The number of rotatable bonds is 2. The lowest BCUT2D eigenvalue weighted by molar-refractivity contribution is 0.373. The van der Waals surface area contributed by atoms with Crippen LogP contribution >= 0.6 is 0 Å². The molecule has 0 aliphatic carbocycles. The van der Waals surface area contributed by atoms with Gasteiger partial charge in [-0.2, -0.15) is 0 Å². The van der Waals surface area contributed by atoms with Gasteiger partial charge in [-0.25, -0.2) is 0 Å². The van der Waals surface area contributed by atoms with Crippen molar-refractivity contribution in [2.75, 3.05) is 7.11 Å². The summed E-state index contributed by atoms with van der Waals surface area (Å²) in [6.07, 6.45) is 0. The third-order valence-electron chi connectivity index (χ3n) is 3.40. The summed E-state index contributed by atoms with van der Waals surface area (Å²) in [6.45, 7) is 0. The minimum Gasteiger partial charge on any atom is -0.504 e. The Labute approximate surface area is 129 Å². The van der Waals surface area contributed by atoms with Crippen molar-refractivity contribution in [2.24, 2.45) is 0 Å². The SMILES string of the molecule is COc1ccc(-c2oc3cc(O)c(O)cc3c(=O)c2O)cc1O. The number of benzene rings is 2. The smallest absolute Gasteiger partial charge is 0.235 e. The lowest BCUT2D eigenvalue weighted by Crippen LogP contribution is -2.02. The molecule has 3 aromatic rings. The van der Waals surface area contributed by atoms with Gasteiger partial charge in [-0.05, 0) is 24.3 Å². The van der Waals surface area contributed by atoms with Gasteiger partial charge in [0.25, 0.3) is 0 Å². The van der Waals surface area contributed by atoms with Crippen LogP contribution < -0.4 is 10.2 Å². The van der Waals surface area contributed by atoms with E-state index in [4.69, 9.17) is 9.15 Å². The fourth-order valence-corrected chi connectivity index (χ4v) is 2.24. The molecule has 1 aromatic heterocycles. The summed E-state index contributed by atoms with van der Waals surface area (Å²) in [4.78, 5) is 12.2. The fourth-order valence-electron chi connectivity index (χ4n) is 2.24. The van der Waals surface area contributed by atoms with E-state index < -0.39 is 22.7 Å². The normalized spacial score (nSPS) is 10.8. The molecule has 0 aliphatic heterocycles. The van der Waals surface area contributed by atoms with Gasteiger partial charge >= 0.3 is 0 Å². The van der Waals surface area contributed by atoms with Crippen molar-refractivity contribution in [3.05, 3.63) is 40.6 Å². The van der Waals surface area contributed by atoms with Crippen LogP contribution in [0, 0.1) is 0 Å². The summed E-state index contributed by atoms with van der Waals surface area (Å²) in [6, 6.07) is 6.28. The molecule has 0 unspecified atom stereocenters. The third kappa shape index (κ3) is 2.28. The second-order valence-corrected chi connectivity index (χ2v) is 4.83. The second-order valence-electron chi connectivity index (χ2n) is 4.83. The number of hydrogen-bond donors (Lipinski definition) is 4. The first kappa shape index (κ1) is 14.6. The summed E-state index contributed by atoms with van der Waals surface area (Å²) in [5.41, 5.74) is -0.548. The van der Waals surface area contributed by atoms with Crippen LogP contribution in [0.1, 0.15) is 0 Å². The van der Waals surface area contributed by atoms with Gasteiger partial charge in [-0.3, -0.25) is 4.79 Å². The first-order chi connectivity index (χ1) is 10.9. The highest BCUT2D eigenvalue weighted by molar-refractivity contribution is 5.84. The van der Waals surface area contributed by atoms with Crippen molar-refractivity contribution in [1.29, 1.82) is 0 Å². The highest BCUT2D eigenvalue weighted by Crippen LogP contribution is 2.37. The minimum atomic E-state index is -0.771. The Kier molecular flexibility index (Phi) is 3.25. The van der Waals surface area contributed by atoms with Gasteiger partial charge in [0.05, 0.1) is 12.5 Å². The Morgan fingerprint density at radius 3 is 2.30 bits per heavy atom. The molecule has 0 spiro atoms. The van der Waals surface area contributed by atoms with Crippen LogP contribution in [0.15, 0.2) is 39.5 Å². The maximum absolute atomic E-state index is 12.2. The van der Waals surface area contributed by atoms with Gasteiger partial charge in [0.2, 0.25) is 11.2 Å². The van der Waals surface area contributed by atoms with Crippen LogP contribution in [0.2, 0.25) is 0 Å². The number of fused-ring (bicyclic) bond motifs is 1. The molecule has 23 heavy (non-hydrogen) atoms. The van der Waals surface area contributed by atoms with E-state index in [0.29, 0.717) is 0 Å². The Hall–Kier alpha value is -3.35. The van der Waals surface area contributed by atoms with Gasteiger partial charge in [0, 0.05) is 11.6 Å². The Morgan fingerprint density at radius 2 is 1.65 bits per heavy atom. The van der Waals surface area contributed by atoms with Gasteiger partial charge in [0.15, 0.2) is 28.8 Å². The van der Waals surface area contributed by atoms with Crippen LogP contribution in [0.4, 0.5) is 0 Å². The number of phenols is 3. The summed E-state index contributed by atoms with van der Waals surface area (Å²) >= 11 is 0. The molecule has 7 nitrogen and oxygen atoms in total. The zero-order valence-electron chi connectivity index (χ0n) is 11.9. The molecule has 0 saturated carbocycles. The van der Waals surface area contributed by atoms with E-state index in [1.807, 2.05) is 0 Å². The van der Waals surface area contributed by atoms with E-state index in [2.05, 4.69) is 0 Å². The van der Waals surface area contributed by atoms with Crippen molar-refractivity contribution in [1.82, 2.24) is 0 Å². The predicted octanol–water partition coefficient (Wildman–Crippen LogP) is 2.29. The second kappa shape index (κ2) is 5.13. The summed E-state index contributed by atoms with van der Waals surface area (Å²) in [5, 5.41) is 38.8. The molecule has 0 saturated heterocycles. The van der Waals surface area contributed by atoms with E-state index in [0.717, 1.165) is 12.1 Å². The first-order valence-electron chi connectivity index (χ1n) is 6.51. The number of methoxy groups -OCH3 is 1.